The Bertz CT molecular complexity index is 471. The molecule has 0 aliphatic rings. The van der Waals surface area contributed by atoms with Crippen molar-refractivity contribution in [3.05, 3.63) is 29.8 Å². The molecule has 0 spiro atoms. The van der Waals surface area contributed by atoms with Gasteiger partial charge in [0.25, 0.3) is 0 Å². The van der Waals surface area contributed by atoms with Gasteiger partial charge in [-0.05, 0) is 30.0 Å². The van der Waals surface area contributed by atoms with Crippen LogP contribution in [0, 0.1) is 5.92 Å². The summed E-state index contributed by atoms with van der Waals surface area (Å²) in [4.78, 5) is 22.9. The molecule has 2 amide bonds. The molecule has 6 heteroatoms. The van der Waals surface area contributed by atoms with E-state index in [1.165, 1.54) is 12.1 Å². The minimum absolute atomic E-state index is 0.116. The van der Waals surface area contributed by atoms with Crippen molar-refractivity contribution >= 4 is 12.0 Å². The molecule has 4 N–H and O–H groups in total. The smallest absolute Gasteiger partial charge is 0.326 e. The number of urea groups is 1. The average Bonchev–Trinajstić information content (AvgIpc) is 2.40. The second-order valence-electron chi connectivity index (χ2n) is 5.34. The van der Waals surface area contributed by atoms with Crippen LogP contribution in [-0.4, -0.2) is 34.8 Å². The summed E-state index contributed by atoms with van der Waals surface area (Å²) >= 11 is 0. The van der Waals surface area contributed by atoms with Crippen molar-refractivity contribution in [2.24, 2.45) is 5.92 Å². The average molecular weight is 294 g/mol. The molecule has 0 radical (unpaired) electrons. The van der Waals surface area contributed by atoms with E-state index in [0.717, 1.165) is 12.0 Å². The number of phenolic OH excluding ortho intramolecular Hbond substituents is 1. The lowest BCUT2D eigenvalue weighted by Crippen LogP contribution is -2.47. The summed E-state index contributed by atoms with van der Waals surface area (Å²) in [5.74, 6) is -0.510. The number of hydrogen-bond donors (Lipinski definition) is 4. The number of phenols is 1. The van der Waals surface area contributed by atoms with Gasteiger partial charge in [0.05, 0.1) is 0 Å². The highest BCUT2D eigenvalue weighted by Gasteiger charge is 2.20. The first-order valence-corrected chi connectivity index (χ1v) is 6.93. The highest BCUT2D eigenvalue weighted by Crippen LogP contribution is 2.11. The fourth-order valence-corrected chi connectivity index (χ4v) is 1.75. The highest BCUT2D eigenvalue weighted by molar-refractivity contribution is 5.82. The Morgan fingerprint density at radius 3 is 2.33 bits per heavy atom. The molecule has 21 heavy (non-hydrogen) atoms. The Morgan fingerprint density at radius 1 is 1.19 bits per heavy atom. The van der Waals surface area contributed by atoms with Crippen LogP contribution in [-0.2, 0) is 11.2 Å². The maximum absolute atomic E-state index is 11.7. The van der Waals surface area contributed by atoms with E-state index in [4.69, 9.17) is 5.11 Å². The van der Waals surface area contributed by atoms with Crippen LogP contribution in [0.25, 0.3) is 0 Å². The van der Waals surface area contributed by atoms with Gasteiger partial charge in [0.15, 0.2) is 0 Å². The third-order valence-corrected chi connectivity index (χ3v) is 2.99. The van der Waals surface area contributed by atoms with Gasteiger partial charge >= 0.3 is 12.0 Å². The number of aliphatic carboxylic acids is 1. The van der Waals surface area contributed by atoms with Crippen LogP contribution in [0.15, 0.2) is 24.3 Å². The first-order valence-electron chi connectivity index (χ1n) is 6.93. The Kier molecular flexibility index (Phi) is 6.52. The number of carbonyl (C=O) groups excluding carboxylic acids is 1. The molecular weight excluding hydrogens is 272 g/mol. The summed E-state index contributed by atoms with van der Waals surface area (Å²) in [5, 5.41) is 23.4. The van der Waals surface area contributed by atoms with Gasteiger partial charge < -0.3 is 20.8 Å². The van der Waals surface area contributed by atoms with Crippen molar-refractivity contribution in [3.63, 3.8) is 0 Å². The van der Waals surface area contributed by atoms with Gasteiger partial charge in [-0.25, -0.2) is 9.59 Å². The Labute approximate surface area is 124 Å². The van der Waals surface area contributed by atoms with Crippen LogP contribution in [0.1, 0.15) is 25.8 Å². The molecule has 0 fully saturated rings. The van der Waals surface area contributed by atoms with E-state index in [1.807, 2.05) is 13.8 Å². The maximum atomic E-state index is 11.7. The molecule has 6 nitrogen and oxygen atoms in total. The number of nitrogens with one attached hydrogen (secondary N) is 2. The summed E-state index contributed by atoms with van der Waals surface area (Å²) < 4.78 is 0. The van der Waals surface area contributed by atoms with Gasteiger partial charge in [0, 0.05) is 13.0 Å². The molecule has 0 heterocycles. The molecule has 1 aromatic rings. The van der Waals surface area contributed by atoms with E-state index >= 15 is 0 Å². The number of hydrogen-bond acceptors (Lipinski definition) is 3. The Balaban J connectivity index is 2.51. The highest BCUT2D eigenvalue weighted by atomic mass is 16.4. The number of aromatic hydroxyl groups is 1. The number of carboxylic acids is 1. The number of carboxylic acid groups (broad SMARTS) is 1. The standard InChI is InChI=1S/C15H22N2O4/c1-10(2)7-8-16-15(21)17-13(14(19)20)9-11-3-5-12(18)6-4-11/h3-6,10,13,18H,7-9H2,1-2H3,(H,19,20)(H2,16,17,21)/t13-/m1/s1. The minimum Gasteiger partial charge on any atom is -0.508 e. The third-order valence-electron chi connectivity index (χ3n) is 2.99. The number of benzene rings is 1. The molecule has 0 saturated heterocycles. The van der Waals surface area contributed by atoms with Crippen molar-refractivity contribution in [1.29, 1.82) is 0 Å². The van der Waals surface area contributed by atoms with Crippen molar-refractivity contribution in [2.45, 2.75) is 32.7 Å². The normalized spacial score (nSPS) is 12.0. The van der Waals surface area contributed by atoms with Crippen LogP contribution in [0.5, 0.6) is 5.75 Å². The molecule has 0 bridgehead atoms. The summed E-state index contributed by atoms with van der Waals surface area (Å²) in [5.41, 5.74) is 0.725. The summed E-state index contributed by atoms with van der Waals surface area (Å²) in [6.07, 6.45) is 0.996. The SMILES string of the molecule is CC(C)CCNC(=O)N[C@H](Cc1ccc(O)cc1)C(=O)O. The molecule has 0 aliphatic heterocycles. The van der Waals surface area contributed by atoms with E-state index in [9.17, 15) is 14.7 Å². The largest absolute Gasteiger partial charge is 0.508 e. The molecular formula is C15H22N2O4. The van der Waals surface area contributed by atoms with Crippen molar-refractivity contribution in [1.82, 2.24) is 10.6 Å². The lowest BCUT2D eigenvalue weighted by atomic mass is 10.1. The van der Waals surface area contributed by atoms with Crippen LogP contribution in [0.3, 0.4) is 0 Å². The number of carbonyl (C=O) groups is 2. The van der Waals surface area contributed by atoms with Gasteiger partial charge in [0.2, 0.25) is 0 Å². The Morgan fingerprint density at radius 2 is 1.81 bits per heavy atom. The van der Waals surface area contributed by atoms with E-state index in [1.54, 1.807) is 12.1 Å². The van der Waals surface area contributed by atoms with Gasteiger partial charge in [0.1, 0.15) is 11.8 Å². The molecule has 1 atom stereocenters. The molecule has 0 saturated carbocycles. The first kappa shape index (κ1) is 16.8. The summed E-state index contributed by atoms with van der Waals surface area (Å²) in [6, 6.07) is 4.73. The van der Waals surface area contributed by atoms with Crippen LogP contribution in [0.2, 0.25) is 0 Å². The lowest BCUT2D eigenvalue weighted by Gasteiger charge is -2.15. The second-order valence-corrected chi connectivity index (χ2v) is 5.34. The predicted molar refractivity (Wildman–Crippen MR) is 79.2 cm³/mol. The van der Waals surface area contributed by atoms with Crippen molar-refractivity contribution in [3.8, 4) is 5.75 Å². The molecule has 0 aliphatic carbocycles. The van der Waals surface area contributed by atoms with E-state index in [2.05, 4.69) is 10.6 Å². The molecule has 116 valence electrons. The minimum atomic E-state index is -1.10. The topological polar surface area (TPSA) is 98.7 Å². The van der Waals surface area contributed by atoms with Crippen LogP contribution < -0.4 is 10.6 Å². The Hall–Kier alpha value is -2.24. The number of amides is 2. The van der Waals surface area contributed by atoms with Crippen molar-refractivity contribution in [2.75, 3.05) is 6.54 Å². The monoisotopic (exact) mass is 294 g/mol. The van der Waals surface area contributed by atoms with Crippen LogP contribution in [0.4, 0.5) is 4.79 Å². The van der Waals surface area contributed by atoms with Crippen molar-refractivity contribution < 1.29 is 19.8 Å². The zero-order valence-electron chi connectivity index (χ0n) is 12.3. The van der Waals surface area contributed by atoms with Gasteiger partial charge in [-0.2, -0.15) is 0 Å². The quantitative estimate of drug-likeness (QED) is 0.615. The molecule has 1 aromatic carbocycles. The first-order chi connectivity index (χ1) is 9.88. The summed E-state index contributed by atoms with van der Waals surface area (Å²) in [6.45, 7) is 4.60. The number of rotatable bonds is 7. The molecule has 0 aromatic heterocycles. The lowest BCUT2D eigenvalue weighted by molar-refractivity contribution is -0.139. The fourth-order valence-electron chi connectivity index (χ4n) is 1.75. The molecule has 0 unspecified atom stereocenters. The zero-order chi connectivity index (χ0) is 15.8. The van der Waals surface area contributed by atoms with E-state index in [0.29, 0.717) is 12.5 Å². The second kappa shape index (κ2) is 8.14. The maximum Gasteiger partial charge on any atom is 0.326 e. The van der Waals surface area contributed by atoms with E-state index < -0.39 is 18.0 Å². The van der Waals surface area contributed by atoms with Crippen LogP contribution >= 0.6 is 0 Å². The van der Waals surface area contributed by atoms with E-state index in [-0.39, 0.29) is 12.2 Å². The molecule has 1 rings (SSSR count). The zero-order valence-corrected chi connectivity index (χ0v) is 12.3. The van der Waals surface area contributed by atoms with Gasteiger partial charge in [-0.3, -0.25) is 0 Å². The van der Waals surface area contributed by atoms with Gasteiger partial charge in [-0.1, -0.05) is 26.0 Å². The third kappa shape index (κ3) is 6.65. The fraction of sp³-hybridized carbons (Fsp3) is 0.467. The van der Waals surface area contributed by atoms with Gasteiger partial charge in [-0.15, -0.1) is 0 Å². The predicted octanol–water partition coefficient (Wildman–Crippen LogP) is 1.73. The summed E-state index contributed by atoms with van der Waals surface area (Å²) in [7, 11) is 0.